The van der Waals surface area contributed by atoms with Crippen molar-refractivity contribution in [3.63, 3.8) is 0 Å². The fourth-order valence-corrected chi connectivity index (χ4v) is 3.62. The Bertz CT molecular complexity index is 277. The van der Waals surface area contributed by atoms with Crippen molar-refractivity contribution >= 4 is 5.91 Å². The molecule has 3 nitrogen and oxygen atoms in total. The van der Waals surface area contributed by atoms with Gasteiger partial charge in [0.2, 0.25) is 5.91 Å². The van der Waals surface area contributed by atoms with Crippen LogP contribution in [-0.2, 0) is 4.79 Å². The number of carbonyl (C=O) groups is 1. The minimum atomic E-state index is 0.138. The lowest BCUT2D eigenvalue weighted by molar-refractivity contribution is -0.134. The summed E-state index contributed by atoms with van der Waals surface area (Å²) in [6.07, 6.45) is 7.87. The molecule has 1 amide bonds. The number of carbonyl (C=O) groups excluding carboxylic acids is 1. The molecule has 0 aromatic rings. The van der Waals surface area contributed by atoms with Crippen LogP contribution in [0.25, 0.3) is 0 Å². The number of hydrogen-bond acceptors (Lipinski definition) is 2. The van der Waals surface area contributed by atoms with Crippen molar-refractivity contribution in [1.82, 2.24) is 4.90 Å². The van der Waals surface area contributed by atoms with Gasteiger partial charge >= 0.3 is 0 Å². The third-order valence-electron chi connectivity index (χ3n) is 4.45. The van der Waals surface area contributed by atoms with Crippen LogP contribution in [0.4, 0.5) is 0 Å². The molecule has 0 radical (unpaired) electrons. The third-order valence-corrected chi connectivity index (χ3v) is 4.45. The monoisotopic (exact) mass is 238 g/mol. The molecular formula is C14H26N2O. The Kier molecular flexibility index (Phi) is 4.08. The summed E-state index contributed by atoms with van der Waals surface area (Å²) in [6.45, 7) is 4.19. The maximum Gasteiger partial charge on any atom is 0.223 e. The van der Waals surface area contributed by atoms with Crippen LogP contribution in [0.2, 0.25) is 0 Å². The van der Waals surface area contributed by atoms with Crippen molar-refractivity contribution in [2.75, 3.05) is 0 Å². The average molecular weight is 238 g/mol. The number of likely N-dealkylation sites (tertiary alicyclic amines) is 1. The Balaban J connectivity index is 1.96. The van der Waals surface area contributed by atoms with Crippen LogP contribution in [0.3, 0.4) is 0 Å². The summed E-state index contributed by atoms with van der Waals surface area (Å²) in [7, 11) is 0. The van der Waals surface area contributed by atoms with E-state index in [1.54, 1.807) is 0 Å². The molecule has 17 heavy (non-hydrogen) atoms. The summed E-state index contributed by atoms with van der Waals surface area (Å²) in [5.74, 6) is 1.11. The van der Waals surface area contributed by atoms with E-state index in [1.165, 1.54) is 32.1 Å². The smallest absolute Gasteiger partial charge is 0.223 e. The Labute approximate surface area is 105 Å². The molecule has 0 aromatic carbocycles. The normalized spacial score (nSPS) is 34.5. The van der Waals surface area contributed by atoms with Gasteiger partial charge in [-0.2, -0.15) is 0 Å². The van der Waals surface area contributed by atoms with Gasteiger partial charge in [-0.25, -0.2) is 0 Å². The van der Waals surface area contributed by atoms with E-state index in [-0.39, 0.29) is 6.04 Å². The van der Waals surface area contributed by atoms with Gasteiger partial charge in [-0.15, -0.1) is 0 Å². The highest BCUT2D eigenvalue weighted by molar-refractivity contribution is 5.77. The van der Waals surface area contributed by atoms with Gasteiger partial charge < -0.3 is 10.6 Å². The molecule has 0 bridgehead atoms. The lowest BCUT2D eigenvalue weighted by Crippen LogP contribution is -2.42. The van der Waals surface area contributed by atoms with E-state index in [0.29, 0.717) is 24.4 Å². The summed E-state index contributed by atoms with van der Waals surface area (Å²) >= 11 is 0. The Hall–Kier alpha value is -0.570. The largest absolute Gasteiger partial charge is 0.337 e. The predicted octanol–water partition coefficient (Wildman–Crippen LogP) is 2.29. The van der Waals surface area contributed by atoms with E-state index in [2.05, 4.69) is 11.8 Å². The molecule has 4 unspecified atom stereocenters. The molecule has 2 N–H and O–H groups in total. The fourth-order valence-electron chi connectivity index (χ4n) is 3.62. The molecule has 1 saturated heterocycles. The summed E-state index contributed by atoms with van der Waals surface area (Å²) in [4.78, 5) is 14.5. The Morgan fingerprint density at radius 3 is 2.82 bits per heavy atom. The first kappa shape index (κ1) is 12.9. The second-order valence-corrected chi connectivity index (χ2v) is 6.01. The molecule has 2 fully saturated rings. The highest BCUT2D eigenvalue weighted by atomic mass is 16.2. The molecule has 1 saturated carbocycles. The maximum absolute atomic E-state index is 12.3. The highest BCUT2D eigenvalue weighted by Crippen LogP contribution is 2.39. The van der Waals surface area contributed by atoms with E-state index in [4.69, 9.17) is 5.73 Å². The average Bonchev–Trinajstić information content (AvgIpc) is 2.61. The van der Waals surface area contributed by atoms with Crippen LogP contribution in [0, 0.1) is 5.92 Å². The van der Waals surface area contributed by atoms with E-state index in [0.717, 1.165) is 12.3 Å². The minimum Gasteiger partial charge on any atom is -0.337 e. The molecular weight excluding hydrogens is 212 g/mol. The Morgan fingerprint density at radius 2 is 2.12 bits per heavy atom. The predicted molar refractivity (Wildman–Crippen MR) is 69.6 cm³/mol. The lowest BCUT2D eigenvalue weighted by Gasteiger charge is -2.33. The summed E-state index contributed by atoms with van der Waals surface area (Å²) in [6, 6.07) is 1.13. The van der Waals surface area contributed by atoms with Crippen LogP contribution >= 0.6 is 0 Å². The van der Waals surface area contributed by atoms with Crippen molar-refractivity contribution in [2.45, 2.75) is 76.9 Å². The van der Waals surface area contributed by atoms with E-state index in [1.807, 2.05) is 6.92 Å². The Morgan fingerprint density at radius 1 is 1.41 bits per heavy atom. The van der Waals surface area contributed by atoms with Crippen LogP contribution in [-0.4, -0.2) is 28.9 Å². The van der Waals surface area contributed by atoms with Gasteiger partial charge in [-0.05, 0) is 45.4 Å². The van der Waals surface area contributed by atoms with Gasteiger partial charge in [-0.1, -0.05) is 12.8 Å². The van der Waals surface area contributed by atoms with E-state index < -0.39 is 0 Å². The van der Waals surface area contributed by atoms with Gasteiger partial charge in [0.1, 0.15) is 0 Å². The van der Waals surface area contributed by atoms with Gasteiger partial charge in [0, 0.05) is 24.5 Å². The molecule has 98 valence electrons. The van der Waals surface area contributed by atoms with Crippen LogP contribution < -0.4 is 5.73 Å². The zero-order chi connectivity index (χ0) is 12.4. The van der Waals surface area contributed by atoms with Gasteiger partial charge in [0.05, 0.1) is 0 Å². The number of nitrogens with two attached hydrogens (primary N) is 1. The maximum atomic E-state index is 12.3. The second kappa shape index (κ2) is 5.38. The molecule has 2 rings (SSSR count). The first-order valence-corrected chi connectivity index (χ1v) is 7.16. The molecule has 1 heterocycles. The lowest BCUT2D eigenvalue weighted by atomic mass is 9.85. The molecule has 0 spiro atoms. The molecule has 3 heteroatoms. The minimum absolute atomic E-state index is 0.138. The third kappa shape index (κ3) is 2.82. The molecule has 1 aliphatic carbocycles. The van der Waals surface area contributed by atoms with Crippen LogP contribution in [0.5, 0.6) is 0 Å². The van der Waals surface area contributed by atoms with E-state index >= 15 is 0 Å². The second-order valence-electron chi connectivity index (χ2n) is 6.01. The number of hydrogen-bond donors (Lipinski definition) is 1. The summed E-state index contributed by atoms with van der Waals surface area (Å²) in [5.41, 5.74) is 5.74. The number of rotatable bonds is 3. The summed E-state index contributed by atoms with van der Waals surface area (Å²) < 4.78 is 0. The molecule has 0 aromatic heterocycles. The van der Waals surface area contributed by atoms with Crippen molar-refractivity contribution in [1.29, 1.82) is 0 Å². The van der Waals surface area contributed by atoms with Crippen molar-refractivity contribution in [3.8, 4) is 0 Å². The van der Waals surface area contributed by atoms with Crippen molar-refractivity contribution in [2.24, 2.45) is 11.7 Å². The number of nitrogens with zero attached hydrogens (tertiary/aromatic N) is 1. The molecule has 1 aliphatic heterocycles. The SMILES string of the molecule is CC(N)CCC(=O)N1C(C)CC2CCCCC21. The molecule has 2 aliphatic rings. The van der Waals surface area contributed by atoms with Gasteiger partial charge in [-0.3, -0.25) is 4.79 Å². The van der Waals surface area contributed by atoms with E-state index in [9.17, 15) is 4.79 Å². The van der Waals surface area contributed by atoms with Gasteiger partial charge in [0.25, 0.3) is 0 Å². The van der Waals surface area contributed by atoms with Crippen molar-refractivity contribution in [3.05, 3.63) is 0 Å². The fraction of sp³-hybridized carbons (Fsp3) is 0.929. The zero-order valence-electron chi connectivity index (χ0n) is 11.2. The number of fused-ring (bicyclic) bond motifs is 1. The molecule has 4 atom stereocenters. The van der Waals surface area contributed by atoms with Gasteiger partial charge in [0.15, 0.2) is 0 Å². The first-order valence-electron chi connectivity index (χ1n) is 7.16. The highest BCUT2D eigenvalue weighted by Gasteiger charge is 2.41. The quantitative estimate of drug-likeness (QED) is 0.820. The standard InChI is InChI=1S/C14H26N2O/c1-10(15)7-8-14(17)16-11(2)9-12-5-3-4-6-13(12)16/h10-13H,3-9,15H2,1-2H3. The number of amides is 1. The summed E-state index contributed by atoms with van der Waals surface area (Å²) in [5, 5.41) is 0. The zero-order valence-corrected chi connectivity index (χ0v) is 11.2. The van der Waals surface area contributed by atoms with Crippen LogP contribution in [0.1, 0.15) is 58.8 Å². The van der Waals surface area contributed by atoms with Crippen molar-refractivity contribution < 1.29 is 4.79 Å². The first-order chi connectivity index (χ1) is 8.09. The topological polar surface area (TPSA) is 46.3 Å². The van der Waals surface area contributed by atoms with Crippen LogP contribution in [0.15, 0.2) is 0 Å².